The smallest absolute Gasteiger partial charge is 0.346 e. The van der Waals surface area contributed by atoms with E-state index in [4.69, 9.17) is 15.9 Å². The SMILES string of the molecule is NCCCCO.O=C1OC(=O)c2ccccc21.O=C1c2ccccc2C(=O)N1CCCCO. The summed E-state index contributed by atoms with van der Waals surface area (Å²) in [5.41, 5.74) is 6.79. The highest BCUT2D eigenvalue weighted by molar-refractivity contribution is 6.21. The lowest BCUT2D eigenvalue weighted by Gasteiger charge is -2.12. The van der Waals surface area contributed by atoms with Crippen molar-refractivity contribution in [2.45, 2.75) is 25.7 Å². The topological polar surface area (TPSA) is 147 Å². The number of hydrogen-bond acceptors (Lipinski definition) is 8. The Morgan fingerprint density at radius 1 is 0.667 bits per heavy atom. The van der Waals surface area contributed by atoms with Gasteiger partial charge < -0.3 is 20.7 Å². The molecule has 0 aromatic heterocycles. The summed E-state index contributed by atoms with van der Waals surface area (Å²) in [7, 11) is 0. The quantitative estimate of drug-likeness (QED) is 0.247. The van der Waals surface area contributed by atoms with Gasteiger partial charge in [-0.25, -0.2) is 9.59 Å². The van der Waals surface area contributed by atoms with Crippen molar-refractivity contribution >= 4 is 23.8 Å². The monoisotopic (exact) mass is 456 g/mol. The summed E-state index contributed by atoms with van der Waals surface area (Å²) < 4.78 is 4.35. The molecule has 0 radical (unpaired) electrons. The normalized spacial score (nSPS) is 13.5. The number of ether oxygens (including phenoxy) is 1. The predicted molar refractivity (Wildman–Crippen MR) is 120 cm³/mol. The van der Waals surface area contributed by atoms with Gasteiger partial charge in [-0.2, -0.15) is 0 Å². The van der Waals surface area contributed by atoms with Crippen molar-refractivity contribution in [1.82, 2.24) is 4.90 Å². The van der Waals surface area contributed by atoms with E-state index >= 15 is 0 Å². The Morgan fingerprint density at radius 2 is 1.09 bits per heavy atom. The van der Waals surface area contributed by atoms with Crippen molar-refractivity contribution in [2.75, 3.05) is 26.3 Å². The van der Waals surface area contributed by atoms with Crippen molar-refractivity contribution in [1.29, 1.82) is 0 Å². The third-order valence-corrected chi connectivity index (χ3v) is 4.83. The van der Waals surface area contributed by atoms with E-state index in [2.05, 4.69) is 4.74 Å². The third kappa shape index (κ3) is 6.79. The first-order chi connectivity index (χ1) is 16.0. The Kier molecular flexibility index (Phi) is 10.4. The molecule has 9 heteroatoms. The maximum Gasteiger partial charge on any atom is 0.346 e. The van der Waals surface area contributed by atoms with Gasteiger partial charge in [-0.05, 0) is 56.5 Å². The Bertz CT molecular complexity index is 918. The van der Waals surface area contributed by atoms with Gasteiger partial charge in [-0.15, -0.1) is 0 Å². The molecule has 0 bridgehead atoms. The highest BCUT2D eigenvalue weighted by Crippen LogP contribution is 2.22. The second-order valence-electron chi connectivity index (χ2n) is 7.18. The minimum Gasteiger partial charge on any atom is -0.396 e. The predicted octanol–water partition coefficient (Wildman–Crippen LogP) is 1.77. The van der Waals surface area contributed by atoms with Gasteiger partial charge in [0.05, 0.1) is 22.3 Å². The fraction of sp³-hybridized carbons (Fsp3) is 0.333. The average Bonchev–Trinajstić information content (AvgIpc) is 3.26. The molecule has 176 valence electrons. The van der Waals surface area contributed by atoms with Crippen LogP contribution in [-0.4, -0.2) is 65.2 Å². The lowest BCUT2D eigenvalue weighted by molar-refractivity contribution is 0.0442. The summed E-state index contributed by atoms with van der Waals surface area (Å²) in [5, 5.41) is 16.8. The number of aliphatic hydroxyl groups excluding tert-OH is 2. The molecule has 0 saturated heterocycles. The van der Waals surface area contributed by atoms with Crippen molar-refractivity contribution in [3.63, 3.8) is 0 Å². The second-order valence-corrected chi connectivity index (χ2v) is 7.18. The van der Waals surface area contributed by atoms with Crippen LogP contribution in [0.1, 0.15) is 67.1 Å². The minimum atomic E-state index is -0.550. The Labute approximate surface area is 191 Å². The molecule has 0 spiro atoms. The van der Waals surface area contributed by atoms with Crippen molar-refractivity contribution in [2.24, 2.45) is 5.73 Å². The van der Waals surface area contributed by atoms with Gasteiger partial charge in [0.15, 0.2) is 0 Å². The number of hydrogen-bond donors (Lipinski definition) is 3. The van der Waals surface area contributed by atoms with Crippen molar-refractivity contribution < 1.29 is 34.1 Å². The number of nitrogens with two attached hydrogens (primary N) is 1. The molecule has 0 aliphatic carbocycles. The van der Waals surface area contributed by atoms with E-state index in [1.807, 2.05) is 0 Å². The van der Waals surface area contributed by atoms with Crippen LogP contribution in [0.4, 0.5) is 0 Å². The van der Waals surface area contributed by atoms with E-state index in [1.54, 1.807) is 48.5 Å². The molecule has 0 saturated carbocycles. The molecule has 33 heavy (non-hydrogen) atoms. The summed E-state index contributed by atoms with van der Waals surface area (Å²) in [6.45, 7) is 1.44. The first-order valence-corrected chi connectivity index (χ1v) is 10.7. The summed E-state index contributed by atoms with van der Waals surface area (Å²) in [6.07, 6.45) is 3.03. The number of carbonyl (C=O) groups excluding carboxylic acids is 4. The van der Waals surface area contributed by atoms with Crippen LogP contribution in [0.15, 0.2) is 48.5 Å². The number of benzene rings is 2. The van der Waals surface area contributed by atoms with Crippen molar-refractivity contribution in [3.05, 3.63) is 70.8 Å². The van der Waals surface area contributed by atoms with Crippen LogP contribution in [0.2, 0.25) is 0 Å². The van der Waals surface area contributed by atoms with Crippen LogP contribution >= 0.6 is 0 Å². The molecule has 4 rings (SSSR count). The van der Waals surface area contributed by atoms with Crippen molar-refractivity contribution in [3.8, 4) is 0 Å². The number of aliphatic hydroxyl groups is 2. The number of imide groups is 1. The van der Waals surface area contributed by atoms with Gasteiger partial charge >= 0.3 is 11.9 Å². The fourth-order valence-corrected chi connectivity index (χ4v) is 3.11. The van der Waals surface area contributed by atoms with Crippen LogP contribution in [-0.2, 0) is 4.74 Å². The number of unbranched alkanes of at least 4 members (excludes halogenated alkanes) is 2. The number of fused-ring (bicyclic) bond motifs is 2. The Hall–Kier alpha value is -3.40. The molecular weight excluding hydrogens is 428 g/mol. The standard InChI is InChI=1S/C12H13NO3.C8H4O3.C4H11NO/c14-8-4-3-7-13-11(15)9-5-1-2-6-10(9)12(13)16;9-7-5-3-1-2-4-6(5)8(10)11-7;5-3-1-2-4-6/h1-2,5-6,14H,3-4,7-8H2;1-4H;6H,1-5H2. The first-order valence-electron chi connectivity index (χ1n) is 10.7. The summed E-state index contributed by atoms with van der Waals surface area (Å²) in [5.74, 6) is -1.55. The molecule has 2 aliphatic heterocycles. The van der Waals surface area contributed by atoms with Gasteiger partial charge in [0.25, 0.3) is 11.8 Å². The van der Waals surface area contributed by atoms with Gasteiger partial charge in [-0.1, -0.05) is 24.3 Å². The molecule has 2 aromatic rings. The lowest BCUT2D eigenvalue weighted by atomic mass is 10.1. The Balaban J connectivity index is 0.000000196. The van der Waals surface area contributed by atoms with E-state index in [0.29, 0.717) is 48.2 Å². The van der Waals surface area contributed by atoms with Gasteiger partial charge in [0.1, 0.15) is 0 Å². The third-order valence-electron chi connectivity index (χ3n) is 4.83. The van der Waals surface area contributed by atoms with Gasteiger partial charge in [0, 0.05) is 19.8 Å². The average molecular weight is 456 g/mol. The molecule has 2 amide bonds. The number of amides is 2. The summed E-state index contributed by atoms with van der Waals surface area (Å²) in [4.78, 5) is 46.6. The van der Waals surface area contributed by atoms with Crippen LogP contribution < -0.4 is 5.73 Å². The van der Waals surface area contributed by atoms with E-state index in [1.165, 1.54) is 4.90 Å². The second kappa shape index (κ2) is 13.2. The largest absolute Gasteiger partial charge is 0.396 e. The zero-order valence-corrected chi connectivity index (χ0v) is 18.2. The number of esters is 2. The minimum absolute atomic E-state index is 0.0865. The number of carbonyl (C=O) groups is 4. The zero-order valence-electron chi connectivity index (χ0n) is 18.2. The number of nitrogens with zero attached hydrogens (tertiary/aromatic N) is 1. The molecule has 2 aliphatic rings. The highest BCUT2D eigenvalue weighted by atomic mass is 16.6. The van der Waals surface area contributed by atoms with Crippen LogP contribution in [0, 0.1) is 0 Å². The van der Waals surface area contributed by atoms with E-state index < -0.39 is 11.9 Å². The maximum atomic E-state index is 11.8. The highest BCUT2D eigenvalue weighted by Gasteiger charge is 2.34. The van der Waals surface area contributed by atoms with E-state index in [-0.39, 0.29) is 25.0 Å². The maximum absolute atomic E-state index is 11.8. The molecule has 2 heterocycles. The van der Waals surface area contributed by atoms with Gasteiger partial charge in [0.2, 0.25) is 0 Å². The van der Waals surface area contributed by atoms with Crippen LogP contribution in [0.3, 0.4) is 0 Å². The lowest BCUT2D eigenvalue weighted by Crippen LogP contribution is -2.30. The van der Waals surface area contributed by atoms with E-state index in [9.17, 15) is 19.2 Å². The number of cyclic esters (lactones) is 2. The Morgan fingerprint density at radius 3 is 1.48 bits per heavy atom. The molecule has 0 unspecified atom stereocenters. The van der Waals surface area contributed by atoms with Crippen LogP contribution in [0.25, 0.3) is 0 Å². The van der Waals surface area contributed by atoms with E-state index in [0.717, 1.165) is 12.8 Å². The molecular formula is C24H28N2O7. The molecule has 4 N–H and O–H groups in total. The van der Waals surface area contributed by atoms with Gasteiger partial charge in [-0.3, -0.25) is 14.5 Å². The fourth-order valence-electron chi connectivity index (χ4n) is 3.11. The molecule has 9 nitrogen and oxygen atoms in total. The molecule has 0 atom stereocenters. The summed E-state index contributed by atoms with van der Waals surface area (Å²) >= 11 is 0. The molecule has 2 aromatic carbocycles. The zero-order chi connectivity index (χ0) is 24.2. The van der Waals surface area contributed by atoms with Crippen LogP contribution in [0.5, 0.6) is 0 Å². The summed E-state index contributed by atoms with van der Waals surface area (Å²) in [6, 6.07) is 13.4. The first kappa shape index (κ1) is 25.9. The molecule has 0 fully saturated rings. The number of rotatable bonds is 7.